The van der Waals surface area contributed by atoms with Crippen molar-refractivity contribution in [3.63, 3.8) is 0 Å². The maximum absolute atomic E-state index is 11.2. The van der Waals surface area contributed by atoms with Gasteiger partial charge in [0.05, 0.1) is 11.4 Å². The van der Waals surface area contributed by atoms with Gasteiger partial charge in [-0.1, -0.05) is 11.6 Å². The average Bonchev–Trinajstić information content (AvgIpc) is 2.55. The van der Waals surface area contributed by atoms with E-state index in [-0.39, 0.29) is 10.6 Å². The number of carboxylic acids is 1. The van der Waals surface area contributed by atoms with Crippen molar-refractivity contribution >= 4 is 34.9 Å². The number of thiophene rings is 1. The minimum Gasteiger partial charge on any atom is -0.480 e. The zero-order chi connectivity index (χ0) is 11.4. The Morgan fingerprint density at radius 2 is 2.27 bits per heavy atom. The van der Waals surface area contributed by atoms with E-state index in [1.54, 1.807) is 0 Å². The lowest BCUT2D eigenvalue weighted by atomic mass is 10.4. The first-order valence-electron chi connectivity index (χ1n) is 3.77. The van der Waals surface area contributed by atoms with Crippen LogP contribution in [0.1, 0.15) is 9.67 Å². The lowest BCUT2D eigenvalue weighted by molar-refractivity contribution is -0.139. The number of ether oxygens (including phenoxy) is 2. The van der Waals surface area contributed by atoms with Gasteiger partial charge in [-0.2, -0.15) is 0 Å². The second-order valence-electron chi connectivity index (χ2n) is 2.42. The number of esters is 1. The number of carbonyl (C=O) groups excluding carboxylic acids is 1. The van der Waals surface area contributed by atoms with Crippen LogP contribution < -0.4 is 4.74 Å². The van der Waals surface area contributed by atoms with Gasteiger partial charge in [0.15, 0.2) is 11.5 Å². The Hall–Kier alpha value is -1.27. The molecule has 0 aliphatic heterocycles. The van der Waals surface area contributed by atoms with Crippen LogP contribution in [0.5, 0.6) is 5.75 Å². The highest BCUT2D eigenvalue weighted by molar-refractivity contribution is 7.18. The number of aliphatic carboxylic acids is 1. The maximum Gasteiger partial charge on any atom is 0.351 e. The predicted octanol–water partition coefficient (Wildman–Crippen LogP) is 1.65. The number of rotatable bonds is 4. The summed E-state index contributed by atoms with van der Waals surface area (Å²) < 4.78 is 9.68. The summed E-state index contributed by atoms with van der Waals surface area (Å²) in [6.45, 7) is -0.531. The zero-order valence-corrected chi connectivity index (χ0v) is 9.22. The van der Waals surface area contributed by atoms with Crippen LogP contribution in [-0.4, -0.2) is 30.8 Å². The van der Waals surface area contributed by atoms with E-state index in [4.69, 9.17) is 21.4 Å². The van der Waals surface area contributed by atoms with E-state index in [1.165, 1.54) is 13.2 Å². The molecule has 0 fully saturated rings. The lowest BCUT2D eigenvalue weighted by Gasteiger charge is -2.02. The largest absolute Gasteiger partial charge is 0.480 e. The normalized spacial score (nSPS) is 9.73. The molecule has 0 aromatic carbocycles. The van der Waals surface area contributed by atoms with E-state index >= 15 is 0 Å². The number of hydrogen-bond donors (Lipinski definition) is 1. The highest BCUT2D eigenvalue weighted by Crippen LogP contribution is 2.33. The fourth-order valence-corrected chi connectivity index (χ4v) is 1.90. The molecule has 0 amide bonds. The number of methoxy groups -OCH3 is 1. The van der Waals surface area contributed by atoms with E-state index in [2.05, 4.69) is 4.74 Å². The number of carboxylic acid groups (broad SMARTS) is 1. The van der Waals surface area contributed by atoms with Gasteiger partial charge in [0, 0.05) is 6.07 Å². The Balaban J connectivity index is 2.86. The van der Waals surface area contributed by atoms with Crippen LogP contribution in [0.25, 0.3) is 0 Å². The third-order valence-electron chi connectivity index (χ3n) is 1.39. The summed E-state index contributed by atoms with van der Waals surface area (Å²) in [5, 5.41) is 8.40. The molecule has 1 rings (SSSR count). The molecule has 15 heavy (non-hydrogen) atoms. The van der Waals surface area contributed by atoms with Crippen LogP contribution in [0.3, 0.4) is 0 Å². The van der Waals surface area contributed by atoms with Crippen molar-refractivity contribution < 1.29 is 24.2 Å². The molecule has 7 heteroatoms. The molecule has 1 aromatic heterocycles. The molecule has 0 aliphatic carbocycles. The van der Waals surface area contributed by atoms with Crippen LogP contribution in [-0.2, 0) is 9.53 Å². The van der Waals surface area contributed by atoms with E-state index in [0.717, 1.165) is 11.3 Å². The lowest BCUT2D eigenvalue weighted by Crippen LogP contribution is -2.11. The van der Waals surface area contributed by atoms with E-state index in [0.29, 0.717) is 4.34 Å². The summed E-state index contributed by atoms with van der Waals surface area (Å²) in [6, 6.07) is 1.38. The molecule has 82 valence electrons. The van der Waals surface area contributed by atoms with E-state index in [1.807, 2.05) is 0 Å². The second kappa shape index (κ2) is 4.99. The molecule has 1 aromatic rings. The molecule has 1 heterocycles. The quantitative estimate of drug-likeness (QED) is 0.823. The molecule has 0 atom stereocenters. The Bertz CT molecular complexity index is 386. The number of carbonyl (C=O) groups is 2. The molecule has 0 aliphatic rings. The summed E-state index contributed by atoms with van der Waals surface area (Å²) in [5.41, 5.74) is 0. The van der Waals surface area contributed by atoms with Crippen molar-refractivity contribution in [3.05, 3.63) is 15.3 Å². The van der Waals surface area contributed by atoms with Crippen LogP contribution in [0, 0.1) is 0 Å². The van der Waals surface area contributed by atoms with Crippen LogP contribution in [0.2, 0.25) is 4.34 Å². The summed E-state index contributed by atoms with van der Waals surface area (Å²) in [7, 11) is 1.22. The van der Waals surface area contributed by atoms with Crippen LogP contribution in [0.15, 0.2) is 6.07 Å². The molecule has 0 saturated carbocycles. The number of hydrogen-bond acceptors (Lipinski definition) is 5. The van der Waals surface area contributed by atoms with Crippen molar-refractivity contribution in [3.8, 4) is 5.75 Å². The summed E-state index contributed by atoms with van der Waals surface area (Å²) in [5.74, 6) is -1.61. The van der Waals surface area contributed by atoms with Gasteiger partial charge in [-0.15, -0.1) is 11.3 Å². The van der Waals surface area contributed by atoms with Crippen molar-refractivity contribution in [1.29, 1.82) is 0 Å². The van der Waals surface area contributed by atoms with Crippen LogP contribution in [0.4, 0.5) is 0 Å². The standard InChI is InChI=1S/C8H7ClO5S/c1-13-8(12)7-4(2-5(9)15-7)14-3-6(10)11/h2H,3H2,1H3,(H,10,11). The first kappa shape index (κ1) is 11.8. The predicted molar refractivity (Wildman–Crippen MR) is 53.8 cm³/mol. The molecule has 0 spiro atoms. The van der Waals surface area contributed by atoms with Crippen LogP contribution >= 0.6 is 22.9 Å². The van der Waals surface area contributed by atoms with Gasteiger partial charge in [-0.05, 0) is 0 Å². The molecular formula is C8H7ClO5S. The maximum atomic E-state index is 11.2. The minimum absolute atomic E-state index is 0.124. The van der Waals surface area contributed by atoms with Crippen molar-refractivity contribution in [2.45, 2.75) is 0 Å². The highest BCUT2D eigenvalue weighted by atomic mass is 35.5. The highest BCUT2D eigenvalue weighted by Gasteiger charge is 2.18. The monoisotopic (exact) mass is 250 g/mol. The molecular weight excluding hydrogens is 244 g/mol. The first-order chi connectivity index (χ1) is 7.04. The zero-order valence-electron chi connectivity index (χ0n) is 7.65. The van der Waals surface area contributed by atoms with Gasteiger partial charge in [0.1, 0.15) is 5.75 Å². The SMILES string of the molecule is COC(=O)c1sc(Cl)cc1OCC(=O)O. The molecule has 0 saturated heterocycles. The third-order valence-corrected chi connectivity index (χ3v) is 2.62. The Kier molecular flexibility index (Phi) is 3.93. The van der Waals surface area contributed by atoms with E-state index in [9.17, 15) is 9.59 Å². The van der Waals surface area contributed by atoms with Crippen molar-refractivity contribution in [1.82, 2.24) is 0 Å². The molecule has 5 nitrogen and oxygen atoms in total. The smallest absolute Gasteiger partial charge is 0.351 e. The Morgan fingerprint density at radius 3 is 2.80 bits per heavy atom. The molecule has 0 unspecified atom stereocenters. The summed E-state index contributed by atoms with van der Waals surface area (Å²) in [6.07, 6.45) is 0. The van der Waals surface area contributed by atoms with Gasteiger partial charge >= 0.3 is 11.9 Å². The summed E-state index contributed by atoms with van der Waals surface area (Å²) in [4.78, 5) is 21.6. The summed E-state index contributed by atoms with van der Waals surface area (Å²) >= 11 is 6.64. The third kappa shape index (κ3) is 3.10. The second-order valence-corrected chi connectivity index (χ2v) is 4.10. The molecule has 1 N–H and O–H groups in total. The minimum atomic E-state index is -1.13. The van der Waals surface area contributed by atoms with Gasteiger partial charge in [-0.3, -0.25) is 0 Å². The molecule has 0 bridgehead atoms. The van der Waals surface area contributed by atoms with Gasteiger partial charge in [-0.25, -0.2) is 9.59 Å². The Morgan fingerprint density at radius 1 is 1.60 bits per heavy atom. The fourth-order valence-electron chi connectivity index (χ4n) is 0.828. The van der Waals surface area contributed by atoms with Gasteiger partial charge in [0.2, 0.25) is 0 Å². The van der Waals surface area contributed by atoms with Gasteiger partial charge < -0.3 is 14.6 Å². The first-order valence-corrected chi connectivity index (χ1v) is 4.96. The van der Waals surface area contributed by atoms with Gasteiger partial charge in [0.25, 0.3) is 0 Å². The fraction of sp³-hybridized carbons (Fsp3) is 0.250. The average molecular weight is 251 g/mol. The number of halogens is 1. The Labute approximate surface area is 94.2 Å². The van der Waals surface area contributed by atoms with Crippen molar-refractivity contribution in [2.75, 3.05) is 13.7 Å². The molecule has 0 radical (unpaired) electrons. The van der Waals surface area contributed by atoms with E-state index < -0.39 is 18.5 Å². The topological polar surface area (TPSA) is 72.8 Å². The van der Waals surface area contributed by atoms with Crippen molar-refractivity contribution in [2.24, 2.45) is 0 Å².